The van der Waals surface area contributed by atoms with Crippen LogP contribution in [0.1, 0.15) is 39.3 Å². The van der Waals surface area contributed by atoms with Crippen molar-refractivity contribution >= 4 is 22.7 Å². The summed E-state index contributed by atoms with van der Waals surface area (Å²) in [6.45, 7) is 2.42. The molecule has 3 aromatic heterocycles. The Morgan fingerprint density at radius 2 is 1.88 bits per heavy atom. The van der Waals surface area contributed by atoms with Crippen LogP contribution in [-0.2, 0) is 31.5 Å². The third-order valence-electron chi connectivity index (χ3n) is 7.61. The highest BCUT2D eigenvalue weighted by molar-refractivity contribution is 5.95. The third kappa shape index (κ3) is 4.71. The molecule has 1 aliphatic heterocycles. The van der Waals surface area contributed by atoms with Crippen molar-refractivity contribution in [3.63, 3.8) is 0 Å². The fourth-order valence-corrected chi connectivity index (χ4v) is 5.28. The van der Waals surface area contributed by atoms with Crippen molar-refractivity contribution in [1.29, 1.82) is 0 Å². The van der Waals surface area contributed by atoms with Crippen molar-refractivity contribution in [2.75, 3.05) is 6.54 Å². The van der Waals surface area contributed by atoms with Crippen LogP contribution in [-0.4, -0.2) is 47.8 Å². The van der Waals surface area contributed by atoms with Gasteiger partial charge in [0.15, 0.2) is 11.6 Å². The third-order valence-corrected chi connectivity index (χ3v) is 7.61. The van der Waals surface area contributed by atoms with Crippen LogP contribution in [0.5, 0.6) is 0 Å². The molecule has 10 nitrogen and oxygen atoms in total. The Hall–Kier alpha value is -5.00. The summed E-state index contributed by atoms with van der Waals surface area (Å²) in [4.78, 5) is 44.0. The lowest BCUT2D eigenvalue weighted by molar-refractivity contribution is -0.131. The van der Waals surface area contributed by atoms with Gasteiger partial charge in [0.2, 0.25) is 5.91 Å². The molecule has 2 amide bonds. The normalized spacial score (nSPS) is 12.7. The minimum Gasteiger partial charge on any atom is -0.353 e. The van der Waals surface area contributed by atoms with E-state index in [4.69, 9.17) is 0 Å². The first-order chi connectivity index (χ1) is 19.7. The standard InChI is InChI=1S/C29H27F2N7O3/c1-16-26(29(41)38(36(16)2)13-17-7-8-20(30)21(31)11-17)28(40)32-10-9-25(39)37-14-19-24(15-37)34-35-27(19)23-12-18-5-3-4-6-22(18)33-23/h3-8,11-12,33H,9-10,13-15H2,1-2H3,(H,32,40)(H,34,35). The summed E-state index contributed by atoms with van der Waals surface area (Å²) in [5, 5.41) is 11.2. The van der Waals surface area contributed by atoms with Crippen molar-refractivity contribution in [1.82, 2.24) is 34.8 Å². The number of para-hydroxylation sites is 1. The van der Waals surface area contributed by atoms with Gasteiger partial charge in [0.25, 0.3) is 11.5 Å². The number of hydrogen-bond acceptors (Lipinski definition) is 4. The number of nitrogens with one attached hydrogen (secondary N) is 3. The number of H-pyrrole nitrogens is 2. The zero-order valence-corrected chi connectivity index (χ0v) is 22.4. The van der Waals surface area contributed by atoms with E-state index in [0.29, 0.717) is 24.3 Å². The van der Waals surface area contributed by atoms with E-state index in [1.54, 1.807) is 18.9 Å². The van der Waals surface area contributed by atoms with Gasteiger partial charge in [-0.3, -0.25) is 24.2 Å². The molecule has 41 heavy (non-hydrogen) atoms. The second-order valence-corrected chi connectivity index (χ2v) is 10.2. The van der Waals surface area contributed by atoms with Crippen LogP contribution in [0.4, 0.5) is 8.78 Å². The monoisotopic (exact) mass is 559 g/mol. The number of carbonyl (C=O) groups is 2. The second kappa shape index (κ2) is 10.2. The lowest BCUT2D eigenvalue weighted by atomic mass is 10.1. The number of aromatic nitrogens is 5. The maximum Gasteiger partial charge on any atom is 0.280 e. The quantitative estimate of drug-likeness (QED) is 0.283. The molecule has 4 heterocycles. The van der Waals surface area contributed by atoms with Crippen molar-refractivity contribution < 1.29 is 18.4 Å². The molecule has 210 valence electrons. The average molecular weight is 560 g/mol. The van der Waals surface area contributed by atoms with Gasteiger partial charge in [-0.1, -0.05) is 24.3 Å². The lowest BCUT2D eigenvalue weighted by Crippen LogP contribution is -2.34. The molecular formula is C29H27F2N7O3. The number of amides is 2. The second-order valence-electron chi connectivity index (χ2n) is 10.2. The van der Waals surface area contributed by atoms with Crippen LogP contribution in [0.15, 0.2) is 53.3 Å². The van der Waals surface area contributed by atoms with Gasteiger partial charge < -0.3 is 15.2 Å². The molecule has 0 saturated carbocycles. The zero-order chi connectivity index (χ0) is 28.8. The molecule has 3 N–H and O–H groups in total. The smallest absolute Gasteiger partial charge is 0.280 e. The van der Waals surface area contributed by atoms with Crippen LogP contribution in [0.3, 0.4) is 0 Å². The Kier molecular flexibility index (Phi) is 6.52. The largest absolute Gasteiger partial charge is 0.353 e. The number of aromatic amines is 2. The van der Waals surface area contributed by atoms with Gasteiger partial charge in [-0.25, -0.2) is 13.5 Å². The highest BCUT2D eigenvalue weighted by Gasteiger charge is 2.29. The summed E-state index contributed by atoms with van der Waals surface area (Å²) in [5.41, 5.74) is 4.65. The molecule has 0 unspecified atom stereocenters. The molecule has 0 fully saturated rings. The van der Waals surface area contributed by atoms with Gasteiger partial charge in [0.1, 0.15) is 11.3 Å². The SMILES string of the molecule is Cc1c(C(=O)NCCC(=O)N2Cc3[nH]nc(-c4cc5ccccc5[nH]4)c3C2)c(=O)n(Cc2ccc(F)c(F)c2)n1C. The zero-order valence-electron chi connectivity index (χ0n) is 22.4. The van der Waals surface area contributed by atoms with Crippen LogP contribution in [0.25, 0.3) is 22.3 Å². The molecule has 0 aliphatic carbocycles. The number of fused-ring (bicyclic) bond motifs is 2. The summed E-state index contributed by atoms with van der Waals surface area (Å²) in [6.07, 6.45) is 0.0556. The summed E-state index contributed by atoms with van der Waals surface area (Å²) in [6, 6.07) is 13.4. The molecule has 2 aromatic carbocycles. The molecule has 5 aromatic rings. The van der Waals surface area contributed by atoms with Gasteiger partial charge in [-0.05, 0) is 36.8 Å². The molecule has 12 heteroatoms. The van der Waals surface area contributed by atoms with Crippen molar-refractivity contribution in [2.45, 2.75) is 33.0 Å². The van der Waals surface area contributed by atoms with E-state index >= 15 is 0 Å². The maximum absolute atomic E-state index is 13.6. The predicted octanol–water partition coefficient (Wildman–Crippen LogP) is 3.36. The number of carbonyl (C=O) groups excluding carboxylic acids is 2. The summed E-state index contributed by atoms with van der Waals surface area (Å²) in [7, 11) is 1.61. The van der Waals surface area contributed by atoms with Gasteiger partial charge >= 0.3 is 0 Å². The van der Waals surface area contributed by atoms with E-state index < -0.39 is 23.1 Å². The Balaban J connectivity index is 1.08. The van der Waals surface area contributed by atoms with E-state index in [0.717, 1.165) is 45.7 Å². The first-order valence-electron chi connectivity index (χ1n) is 13.1. The first-order valence-corrected chi connectivity index (χ1v) is 13.1. The van der Waals surface area contributed by atoms with E-state index in [9.17, 15) is 23.2 Å². The van der Waals surface area contributed by atoms with Crippen LogP contribution in [0.2, 0.25) is 0 Å². The molecule has 0 spiro atoms. The van der Waals surface area contributed by atoms with Gasteiger partial charge in [0.05, 0.1) is 31.0 Å². The van der Waals surface area contributed by atoms with E-state index in [-0.39, 0.29) is 31.0 Å². The minimum absolute atomic E-state index is 0.0381. The highest BCUT2D eigenvalue weighted by Crippen LogP contribution is 2.32. The number of benzene rings is 2. The predicted molar refractivity (Wildman–Crippen MR) is 147 cm³/mol. The molecule has 6 rings (SSSR count). The molecule has 0 bridgehead atoms. The Bertz CT molecular complexity index is 1850. The van der Waals surface area contributed by atoms with Crippen molar-refractivity contribution in [3.05, 3.63) is 98.6 Å². The maximum atomic E-state index is 13.6. The van der Waals surface area contributed by atoms with Crippen molar-refractivity contribution in [3.8, 4) is 11.4 Å². The van der Waals surface area contributed by atoms with Crippen LogP contribution >= 0.6 is 0 Å². The van der Waals surface area contributed by atoms with Gasteiger partial charge in [-0.15, -0.1) is 0 Å². The van der Waals surface area contributed by atoms with E-state index in [2.05, 4.69) is 20.5 Å². The van der Waals surface area contributed by atoms with Gasteiger partial charge in [-0.2, -0.15) is 5.10 Å². The van der Waals surface area contributed by atoms with Crippen LogP contribution in [0, 0.1) is 18.6 Å². The van der Waals surface area contributed by atoms with Crippen molar-refractivity contribution in [2.24, 2.45) is 7.05 Å². The Morgan fingerprint density at radius 1 is 1.07 bits per heavy atom. The molecule has 0 saturated heterocycles. The number of hydrogen-bond donors (Lipinski definition) is 3. The Morgan fingerprint density at radius 3 is 2.66 bits per heavy atom. The van der Waals surface area contributed by atoms with Crippen LogP contribution < -0.4 is 10.9 Å². The molecule has 1 aliphatic rings. The molecular weight excluding hydrogens is 532 g/mol. The van der Waals surface area contributed by atoms with E-state index in [1.807, 2.05) is 30.3 Å². The highest BCUT2D eigenvalue weighted by atomic mass is 19.2. The lowest BCUT2D eigenvalue weighted by Gasteiger charge is -2.16. The summed E-state index contributed by atoms with van der Waals surface area (Å²) >= 11 is 0. The minimum atomic E-state index is -1.01. The van der Waals surface area contributed by atoms with Gasteiger partial charge in [0, 0.05) is 42.2 Å². The summed E-state index contributed by atoms with van der Waals surface area (Å²) < 4.78 is 29.7. The molecule has 0 atom stereocenters. The first kappa shape index (κ1) is 26.2. The average Bonchev–Trinajstić information content (AvgIpc) is 3.70. The number of nitrogens with zero attached hydrogens (tertiary/aromatic N) is 4. The van der Waals surface area contributed by atoms with E-state index in [1.165, 1.54) is 15.4 Å². The number of rotatable bonds is 7. The number of halogens is 2. The fraction of sp³-hybridized carbons (Fsp3) is 0.241. The fourth-order valence-electron chi connectivity index (χ4n) is 5.28. The topological polar surface area (TPSA) is 121 Å². The Labute approximate surface area is 232 Å². The summed E-state index contributed by atoms with van der Waals surface area (Å²) in [5.74, 6) is -2.73. The molecule has 0 radical (unpaired) electrons.